The molecule has 0 unspecified atom stereocenters. The summed E-state index contributed by atoms with van der Waals surface area (Å²) in [4.78, 5) is 0. The Hall–Kier alpha value is -4.67. The summed E-state index contributed by atoms with van der Waals surface area (Å²) in [6.07, 6.45) is 6.75. The van der Waals surface area contributed by atoms with Gasteiger partial charge in [-0.1, -0.05) is 73.3 Å². The number of fused-ring (bicyclic) bond motifs is 3. The highest BCUT2D eigenvalue weighted by Gasteiger charge is 2.21. The Morgan fingerprint density at radius 3 is 1.82 bits per heavy atom. The lowest BCUT2D eigenvalue weighted by Crippen LogP contribution is -2.38. The van der Waals surface area contributed by atoms with Crippen LogP contribution in [-0.2, 0) is 45.1 Å². The fraction of sp³-hybridized carbons (Fsp3) is 0.220. The number of rotatable bonds is 17. The van der Waals surface area contributed by atoms with E-state index in [2.05, 4.69) is 82.7 Å². The number of hydrogen-bond acceptors (Lipinski definition) is 6. The van der Waals surface area contributed by atoms with E-state index in [1.165, 1.54) is 0 Å². The first-order chi connectivity index (χ1) is 24.9. The molecule has 10 heteroatoms. The monoisotopic (exact) mass is 682 g/mol. The standard InChI is InChI=1S/C41H44B2N2O6/c1-4-31-13-15-32(16-14-31)29-50-21-8-22-51-30-35-23-34(25-37(26-35)42(46)47)28-45-20-7-12-39-38-11-6-19-44(40(38)17-18-41(39)45)27-33-9-5-10-36(24-33)43(48-2)49-3/h4-7,9-20,23-26,46-47H,1,8,21-22,27-30H2,2-3H3/q+2. The molecule has 0 fully saturated rings. The van der Waals surface area contributed by atoms with E-state index in [1.807, 2.05) is 48.5 Å². The summed E-state index contributed by atoms with van der Waals surface area (Å²) in [5.74, 6) is 0. The molecule has 2 N–H and O–H groups in total. The van der Waals surface area contributed by atoms with Crippen molar-refractivity contribution < 1.29 is 38.0 Å². The van der Waals surface area contributed by atoms with Gasteiger partial charge in [-0.2, -0.15) is 9.13 Å². The van der Waals surface area contributed by atoms with E-state index < -0.39 is 14.2 Å². The molecule has 0 aliphatic heterocycles. The first-order valence-electron chi connectivity index (χ1n) is 17.2. The maximum absolute atomic E-state index is 10.1. The zero-order valence-electron chi connectivity index (χ0n) is 29.3. The maximum atomic E-state index is 10.1. The van der Waals surface area contributed by atoms with Crippen molar-refractivity contribution in [2.75, 3.05) is 27.4 Å². The molecule has 0 aliphatic rings. The lowest BCUT2D eigenvalue weighted by molar-refractivity contribution is -0.664. The summed E-state index contributed by atoms with van der Waals surface area (Å²) in [5.41, 5.74) is 8.82. The van der Waals surface area contributed by atoms with E-state index >= 15 is 0 Å². The molecule has 0 bridgehead atoms. The van der Waals surface area contributed by atoms with E-state index in [-0.39, 0.29) is 0 Å². The van der Waals surface area contributed by atoms with Crippen molar-refractivity contribution in [3.63, 3.8) is 0 Å². The molecule has 0 radical (unpaired) electrons. The smallest absolute Gasteiger partial charge is 0.423 e. The molecule has 8 nitrogen and oxygen atoms in total. The van der Waals surface area contributed by atoms with Crippen LogP contribution in [0.2, 0.25) is 0 Å². The Labute approximate surface area is 300 Å². The summed E-state index contributed by atoms with van der Waals surface area (Å²) >= 11 is 0. The average Bonchev–Trinajstić information content (AvgIpc) is 3.15. The minimum absolute atomic E-state index is 0.363. The Morgan fingerprint density at radius 1 is 0.627 bits per heavy atom. The topological polar surface area (TPSA) is 85.1 Å². The first kappa shape index (κ1) is 36.1. The summed E-state index contributed by atoms with van der Waals surface area (Å²) < 4.78 is 27.2. The van der Waals surface area contributed by atoms with E-state index in [4.69, 9.17) is 18.8 Å². The van der Waals surface area contributed by atoms with Gasteiger partial charge >= 0.3 is 14.2 Å². The molecule has 6 rings (SSSR count). The third-order valence-corrected chi connectivity index (χ3v) is 8.98. The van der Waals surface area contributed by atoms with Crippen LogP contribution in [0.25, 0.3) is 27.9 Å². The van der Waals surface area contributed by atoms with Crippen LogP contribution >= 0.6 is 0 Å². The fourth-order valence-electron chi connectivity index (χ4n) is 6.50. The molecule has 2 heterocycles. The molecular formula is C41H44B2N2O6+2. The number of nitrogens with zero attached hydrogens (tertiary/aromatic N) is 2. The summed E-state index contributed by atoms with van der Waals surface area (Å²) in [6, 6.07) is 34.9. The van der Waals surface area contributed by atoms with Gasteiger partial charge < -0.3 is 28.8 Å². The highest BCUT2D eigenvalue weighted by molar-refractivity contribution is 6.61. The Morgan fingerprint density at radius 2 is 1.22 bits per heavy atom. The normalized spacial score (nSPS) is 11.3. The van der Waals surface area contributed by atoms with Crippen LogP contribution < -0.4 is 20.1 Å². The van der Waals surface area contributed by atoms with E-state index in [9.17, 15) is 10.0 Å². The van der Waals surface area contributed by atoms with Crippen molar-refractivity contribution in [3.8, 4) is 0 Å². The van der Waals surface area contributed by atoms with Crippen molar-refractivity contribution >= 4 is 53.0 Å². The van der Waals surface area contributed by atoms with Crippen LogP contribution in [0.4, 0.5) is 0 Å². The number of pyridine rings is 2. The third kappa shape index (κ3) is 9.17. The van der Waals surface area contributed by atoms with Crippen molar-refractivity contribution in [3.05, 3.63) is 150 Å². The highest BCUT2D eigenvalue weighted by atomic mass is 16.6. The molecule has 258 valence electrons. The van der Waals surface area contributed by atoms with Crippen LogP contribution in [-0.4, -0.2) is 51.7 Å². The molecule has 4 aromatic carbocycles. The van der Waals surface area contributed by atoms with Crippen LogP contribution in [0.5, 0.6) is 0 Å². The quantitative estimate of drug-likeness (QED) is 0.0653. The molecule has 0 amide bonds. The number of hydrogen-bond donors (Lipinski definition) is 2. The van der Waals surface area contributed by atoms with Crippen molar-refractivity contribution in [2.45, 2.75) is 32.7 Å². The summed E-state index contributed by atoms with van der Waals surface area (Å²) in [7, 11) is 1.30. The van der Waals surface area contributed by atoms with Gasteiger partial charge in [0.25, 0.3) is 0 Å². The number of ether oxygens (including phenoxy) is 2. The zero-order valence-corrected chi connectivity index (χ0v) is 29.3. The number of benzene rings is 4. The van der Waals surface area contributed by atoms with Gasteiger partial charge in [0.05, 0.1) is 24.0 Å². The van der Waals surface area contributed by atoms with Crippen molar-refractivity contribution in [1.82, 2.24) is 0 Å². The second kappa shape index (κ2) is 17.5. The summed E-state index contributed by atoms with van der Waals surface area (Å²) in [6.45, 7) is 7.08. The van der Waals surface area contributed by atoms with Crippen LogP contribution in [0.15, 0.2) is 122 Å². The average molecular weight is 682 g/mol. The Bertz CT molecular complexity index is 2090. The Kier molecular flexibility index (Phi) is 12.4. The predicted molar refractivity (Wildman–Crippen MR) is 203 cm³/mol. The van der Waals surface area contributed by atoms with E-state index in [0.717, 1.165) is 61.5 Å². The van der Waals surface area contributed by atoms with Gasteiger partial charge in [-0.15, -0.1) is 0 Å². The van der Waals surface area contributed by atoms with E-state index in [0.29, 0.717) is 45.0 Å². The van der Waals surface area contributed by atoms with Gasteiger partial charge in [0.15, 0.2) is 25.5 Å². The van der Waals surface area contributed by atoms with Crippen LogP contribution in [0, 0.1) is 0 Å². The molecular weight excluding hydrogens is 638 g/mol. The second-order valence-corrected chi connectivity index (χ2v) is 12.6. The van der Waals surface area contributed by atoms with Gasteiger partial charge in [-0.3, -0.25) is 0 Å². The molecule has 0 spiro atoms. The molecule has 0 atom stereocenters. The molecule has 2 aromatic heterocycles. The molecule has 0 saturated heterocycles. The van der Waals surface area contributed by atoms with Gasteiger partial charge in [0.1, 0.15) is 0 Å². The van der Waals surface area contributed by atoms with Crippen LogP contribution in [0.3, 0.4) is 0 Å². The maximum Gasteiger partial charge on any atom is 0.493 e. The second-order valence-electron chi connectivity index (χ2n) is 12.6. The largest absolute Gasteiger partial charge is 0.493 e. The molecule has 6 aromatic rings. The third-order valence-electron chi connectivity index (χ3n) is 8.98. The van der Waals surface area contributed by atoms with Gasteiger partial charge in [-0.05, 0) is 52.2 Å². The highest BCUT2D eigenvalue weighted by Crippen LogP contribution is 2.21. The lowest BCUT2D eigenvalue weighted by Gasteiger charge is -2.11. The van der Waals surface area contributed by atoms with Gasteiger partial charge in [0.2, 0.25) is 11.0 Å². The molecule has 51 heavy (non-hydrogen) atoms. The lowest BCUT2D eigenvalue weighted by atomic mass is 9.78. The molecule has 0 aliphatic carbocycles. The van der Waals surface area contributed by atoms with Crippen LogP contribution in [0.1, 0.15) is 34.2 Å². The van der Waals surface area contributed by atoms with E-state index in [1.54, 1.807) is 20.3 Å². The first-order valence-corrected chi connectivity index (χ1v) is 17.2. The zero-order chi connectivity index (χ0) is 35.6. The van der Waals surface area contributed by atoms with Crippen molar-refractivity contribution in [2.24, 2.45) is 0 Å². The summed E-state index contributed by atoms with van der Waals surface area (Å²) in [5, 5.41) is 22.5. The Balaban J connectivity index is 1.14. The van der Waals surface area contributed by atoms with Gasteiger partial charge in [0, 0.05) is 62.8 Å². The molecule has 0 saturated carbocycles. The van der Waals surface area contributed by atoms with Crippen molar-refractivity contribution in [1.29, 1.82) is 0 Å². The van der Waals surface area contributed by atoms with Gasteiger partial charge in [-0.25, -0.2) is 0 Å². The fourth-order valence-corrected chi connectivity index (χ4v) is 6.50. The minimum atomic E-state index is -1.58. The minimum Gasteiger partial charge on any atom is -0.423 e. The predicted octanol–water partition coefficient (Wildman–Crippen LogP) is 4.10. The number of aromatic nitrogens is 2. The SMILES string of the molecule is C=Cc1ccc(COCCCOCc2cc(C[n+]3cccc4c5ccc[n+](Cc6cccc(B(OC)OC)c6)c5ccc43)cc(B(O)O)c2)cc1.